The van der Waals surface area contributed by atoms with Gasteiger partial charge in [-0.3, -0.25) is 0 Å². The summed E-state index contributed by atoms with van der Waals surface area (Å²) in [6, 6.07) is 64.8. The first-order chi connectivity index (χ1) is 30.5. The molecule has 0 radical (unpaired) electrons. The minimum absolute atomic E-state index is 0.281. The molecule has 0 unspecified atom stereocenters. The van der Waals surface area contributed by atoms with Crippen LogP contribution in [-0.4, -0.2) is 4.57 Å². The molecule has 1 aromatic heterocycles. The first-order valence-electron chi connectivity index (χ1n) is 20.4. The summed E-state index contributed by atoms with van der Waals surface area (Å²) >= 11 is 0. The Morgan fingerprint density at radius 1 is 0.254 bits per heavy atom. The summed E-state index contributed by atoms with van der Waals surface area (Å²) in [5.41, 5.74) is 10.4. The van der Waals surface area contributed by atoms with Gasteiger partial charge in [0.25, 0.3) is 0 Å². The van der Waals surface area contributed by atoms with E-state index in [0.717, 1.165) is 90.6 Å². The van der Waals surface area contributed by atoms with Crippen molar-refractivity contribution in [2.24, 2.45) is 0 Å². The van der Waals surface area contributed by atoms with Crippen molar-refractivity contribution in [3.63, 3.8) is 0 Å². The monoisotopic (exact) mass is 835 g/mol. The van der Waals surface area contributed by atoms with E-state index in [0.29, 0.717) is 16.8 Å². The number of fused-ring (bicyclic) bond motifs is 3. The molecule has 0 atom stereocenters. The molecular formula is C56H35F6N. The molecule has 0 spiro atoms. The number of hydrogen-bond donors (Lipinski definition) is 0. The first-order valence-corrected chi connectivity index (χ1v) is 20.4. The van der Waals surface area contributed by atoms with Gasteiger partial charge in [-0.1, -0.05) is 146 Å². The second-order valence-electron chi connectivity index (χ2n) is 15.6. The summed E-state index contributed by atoms with van der Waals surface area (Å²) in [6.45, 7) is 0. The Balaban J connectivity index is 1.18. The molecule has 306 valence electrons. The summed E-state index contributed by atoms with van der Waals surface area (Å²) in [5.74, 6) is 0. The average Bonchev–Trinajstić information content (AvgIpc) is 3.65. The highest BCUT2D eigenvalue weighted by Gasteiger charge is 2.32. The summed E-state index contributed by atoms with van der Waals surface area (Å²) in [7, 11) is 0. The molecule has 0 aliphatic rings. The molecule has 0 aliphatic heterocycles. The lowest BCUT2D eigenvalue weighted by Crippen LogP contribution is -2.05. The number of rotatable bonds is 7. The highest BCUT2D eigenvalue weighted by molar-refractivity contribution is 6.12. The van der Waals surface area contributed by atoms with Gasteiger partial charge >= 0.3 is 12.4 Å². The molecule has 10 rings (SSSR count). The van der Waals surface area contributed by atoms with E-state index in [-0.39, 0.29) is 11.1 Å². The van der Waals surface area contributed by atoms with Crippen molar-refractivity contribution in [3.05, 3.63) is 223 Å². The predicted molar refractivity (Wildman–Crippen MR) is 243 cm³/mol. The first kappa shape index (κ1) is 39.5. The summed E-state index contributed by atoms with van der Waals surface area (Å²) < 4.78 is 86.2. The number of nitrogens with zero attached hydrogens (tertiary/aromatic N) is 1. The van der Waals surface area contributed by atoms with E-state index in [1.54, 1.807) is 30.3 Å². The van der Waals surface area contributed by atoms with E-state index < -0.39 is 23.5 Å². The minimum Gasteiger partial charge on any atom is -0.309 e. The molecule has 1 nitrogen and oxygen atoms in total. The van der Waals surface area contributed by atoms with Crippen LogP contribution < -0.4 is 0 Å². The normalized spacial score (nSPS) is 12.0. The van der Waals surface area contributed by atoms with E-state index in [2.05, 4.69) is 84.9 Å². The largest absolute Gasteiger partial charge is 0.416 e. The fourth-order valence-electron chi connectivity index (χ4n) is 8.46. The average molecular weight is 836 g/mol. The minimum atomic E-state index is -4.59. The Hall–Kier alpha value is -7.64. The van der Waals surface area contributed by atoms with Gasteiger partial charge in [-0.05, 0) is 133 Å². The van der Waals surface area contributed by atoms with Crippen molar-refractivity contribution in [2.75, 3.05) is 0 Å². The standard InChI is InChI=1S/C56H35F6N/c57-55(58,59)48-15-7-13-42(30-48)46-29-47(43-14-8-16-49(31-43)56(60,61)62)33-50(32-46)63-53-27-25-44(40-21-17-38(18-22-40)36-9-3-1-4-10-36)34-51(53)52-35-45(26-28-54(52)63)41-23-19-39(20-24-41)37-11-5-2-6-12-37/h1-35H. The molecule has 0 saturated carbocycles. The molecule has 1 heterocycles. The van der Waals surface area contributed by atoms with Crippen LogP contribution in [0.3, 0.4) is 0 Å². The Morgan fingerprint density at radius 2 is 0.571 bits per heavy atom. The van der Waals surface area contributed by atoms with Gasteiger partial charge in [-0.2, -0.15) is 26.3 Å². The smallest absolute Gasteiger partial charge is 0.309 e. The third-order valence-electron chi connectivity index (χ3n) is 11.6. The summed E-state index contributed by atoms with van der Waals surface area (Å²) in [6.07, 6.45) is -9.19. The van der Waals surface area contributed by atoms with Crippen LogP contribution >= 0.6 is 0 Å². The zero-order chi connectivity index (χ0) is 43.3. The van der Waals surface area contributed by atoms with Crippen LogP contribution in [0.4, 0.5) is 26.3 Å². The number of benzene rings is 9. The maximum atomic E-state index is 14.0. The van der Waals surface area contributed by atoms with Crippen LogP contribution in [0.2, 0.25) is 0 Å². The lowest BCUT2D eigenvalue weighted by molar-refractivity contribution is -0.138. The molecule has 63 heavy (non-hydrogen) atoms. The van der Waals surface area contributed by atoms with Gasteiger partial charge in [0.2, 0.25) is 0 Å². The highest BCUT2D eigenvalue weighted by atomic mass is 19.4. The predicted octanol–water partition coefficient (Wildman–Crippen LogP) is 16.8. The maximum Gasteiger partial charge on any atom is 0.416 e. The molecule has 7 heteroatoms. The molecule has 0 bridgehead atoms. The fourth-order valence-corrected chi connectivity index (χ4v) is 8.46. The number of halogens is 6. The molecule has 10 aromatic rings. The summed E-state index contributed by atoms with van der Waals surface area (Å²) in [4.78, 5) is 0. The van der Waals surface area contributed by atoms with Gasteiger partial charge in [-0.25, -0.2) is 0 Å². The Kier molecular flexibility index (Phi) is 9.83. The molecule has 0 fully saturated rings. The van der Waals surface area contributed by atoms with Crippen LogP contribution in [0.1, 0.15) is 11.1 Å². The molecule has 0 aliphatic carbocycles. The van der Waals surface area contributed by atoms with Gasteiger partial charge in [0.05, 0.1) is 22.2 Å². The van der Waals surface area contributed by atoms with Crippen molar-refractivity contribution in [1.29, 1.82) is 0 Å². The molecule has 0 amide bonds. The van der Waals surface area contributed by atoms with Crippen molar-refractivity contribution in [3.8, 4) is 72.4 Å². The lowest BCUT2D eigenvalue weighted by atomic mass is 9.96. The van der Waals surface area contributed by atoms with Crippen molar-refractivity contribution >= 4 is 21.8 Å². The van der Waals surface area contributed by atoms with Gasteiger partial charge < -0.3 is 4.57 Å². The van der Waals surface area contributed by atoms with Gasteiger partial charge in [0, 0.05) is 16.5 Å². The number of hydrogen-bond acceptors (Lipinski definition) is 0. The zero-order valence-electron chi connectivity index (χ0n) is 33.4. The fraction of sp³-hybridized carbons (Fsp3) is 0.0357. The highest BCUT2D eigenvalue weighted by Crippen LogP contribution is 2.41. The molecule has 0 N–H and O–H groups in total. The SMILES string of the molecule is FC(F)(F)c1cccc(-c2cc(-c3cccc(C(F)(F)F)c3)cc(-n3c4ccc(-c5ccc(-c6ccccc6)cc5)cc4c4cc(-c5ccc(-c6ccccc6)cc5)ccc43)c2)c1. The topological polar surface area (TPSA) is 4.93 Å². The maximum absolute atomic E-state index is 14.0. The second kappa shape index (κ2) is 15.7. The quantitative estimate of drug-likeness (QED) is 0.141. The molecule has 9 aromatic carbocycles. The van der Waals surface area contributed by atoms with Crippen LogP contribution in [-0.2, 0) is 12.4 Å². The van der Waals surface area contributed by atoms with Crippen molar-refractivity contribution in [2.45, 2.75) is 12.4 Å². The van der Waals surface area contributed by atoms with Crippen LogP contribution in [0.15, 0.2) is 212 Å². The summed E-state index contributed by atoms with van der Waals surface area (Å²) in [5, 5.41) is 1.87. The van der Waals surface area contributed by atoms with E-state index >= 15 is 0 Å². The zero-order valence-corrected chi connectivity index (χ0v) is 33.4. The Labute approximate surface area is 359 Å². The van der Waals surface area contributed by atoms with Gasteiger partial charge in [0.15, 0.2) is 0 Å². The lowest BCUT2D eigenvalue weighted by Gasteiger charge is -2.16. The molecular weight excluding hydrogens is 801 g/mol. The van der Waals surface area contributed by atoms with Crippen LogP contribution in [0, 0.1) is 0 Å². The third kappa shape index (κ3) is 7.78. The van der Waals surface area contributed by atoms with Crippen LogP contribution in [0.5, 0.6) is 0 Å². The number of aromatic nitrogens is 1. The Morgan fingerprint density at radius 3 is 0.952 bits per heavy atom. The van der Waals surface area contributed by atoms with Crippen molar-refractivity contribution < 1.29 is 26.3 Å². The van der Waals surface area contributed by atoms with E-state index in [1.807, 2.05) is 65.2 Å². The van der Waals surface area contributed by atoms with Crippen LogP contribution in [0.25, 0.3) is 94.3 Å². The Bertz CT molecular complexity index is 3060. The van der Waals surface area contributed by atoms with E-state index in [4.69, 9.17) is 0 Å². The third-order valence-corrected chi connectivity index (χ3v) is 11.6. The van der Waals surface area contributed by atoms with E-state index in [1.165, 1.54) is 12.1 Å². The van der Waals surface area contributed by atoms with E-state index in [9.17, 15) is 26.3 Å². The van der Waals surface area contributed by atoms with Gasteiger partial charge in [0.1, 0.15) is 0 Å². The number of alkyl halides is 6. The molecule has 0 saturated heterocycles. The van der Waals surface area contributed by atoms with Crippen molar-refractivity contribution in [1.82, 2.24) is 4.57 Å². The van der Waals surface area contributed by atoms with Gasteiger partial charge in [-0.15, -0.1) is 0 Å². The second-order valence-corrected chi connectivity index (χ2v) is 15.6.